The predicted molar refractivity (Wildman–Crippen MR) is 77.9 cm³/mol. The quantitative estimate of drug-likeness (QED) is 0.670. The maximum atomic E-state index is 10.9. The van der Waals surface area contributed by atoms with Gasteiger partial charge in [-0.3, -0.25) is 10.1 Å². The van der Waals surface area contributed by atoms with Gasteiger partial charge < -0.3 is 14.9 Å². The number of hydrogen-bond donors (Lipinski definition) is 1. The Morgan fingerprint density at radius 1 is 1.45 bits per heavy atom. The Hall–Kier alpha value is -1.66. The van der Waals surface area contributed by atoms with E-state index in [9.17, 15) is 15.2 Å². The van der Waals surface area contributed by atoms with E-state index in [1.54, 1.807) is 12.1 Å². The largest absolute Gasteiger partial charge is 0.391 e. The summed E-state index contributed by atoms with van der Waals surface area (Å²) in [6.45, 7) is 1.81. The Kier molecular flexibility index (Phi) is 4.57. The second-order valence-corrected chi connectivity index (χ2v) is 5.37. The van der Waals surface area contributed by atoms with Gasteiger partial charge in [0.2, 0.25) is 0 Å². The maximum absolute atomic E-state index is 10.9. The van der Waals surface area contributed by atoms with Crippen molar-refractivity contribution in [1.29, 1.82) is 0 Å². The molecule has 1 N–H and O–H groups in total. The second-order valence-electron chi connectivity index (χ2n) is 5.37. The SMILES string of the molecule is CN1CCC(N(C)c2ccc([N+](=O)[O-])c(CO)c2)CC1. The van der Waals surface area contributed by atoms with Gasteiger partial charge in [-0.05, 0) is 45.1 Å². The molecular weight excluding hydrogens is 258 g/mol. The zero-order valence-corrected chi connectivity index (χ0v) is 12.0. The third-order valence-corrected chi connectivity index (χ3v) is 4.07. The van der Waals surface area contributed by atoms with E-state index in [0.29, 0.717) is 11.6 Å². The van der Waals surface area contributed by atoms with Gasteiger partial charge in [-0.25, -0.2) is 0 Å². The summed E-state index contributed by atoms with van der Waals surface area (Å²) in [5.74, 6) is 0. The van der Waals surface area contributed by atoms with Crippen molar-refractivity contribution in [2.24, 2.45) is 0 Å². The highest BCUT2D eigenvalue weighted by Gasteiger charge is 2.22. The van der Waals surface area contributed by atoms with Crippen molar-refractivity contribution in [3.05, 3.63) is 33.9 Å². The van der Waals surface area contributed by atoms with E-state index in [0.717, 1.165) is 31.6 Å². The third-order valence-electron chi connectivity index (χ3n) is 4.07. The fraction of sp³-hybridized carbons (Fsp3) is 0.571. The lowest BCUT2D eigenvalue weighted by Gasteiger charge is -2.36. The number of anilines is 1. The first kappa shape index (κ1) is 14.7. The number of benzene rings is 1. The van der Waals surface area contributed by atoms with Crippen molar-refractivity contribution in [1.82, 2.24) is 4.90 Å². The molecule has 0 aromatic heterocycles. The van der Waals surface area contributed by atoms with Crippen molar-refractivity contribution in [3.8, 4) is 0 Å². The normalized spacial score (nSPS) is 17.1. The molecule has 20 heavy (non-hydrogen) atoms. The molecule has 1 aliphatic heterocycles. The highest BCUT2D eigenvalue weighted by atomic mass is 16.6. The monoisotopic (exact) mass is 279 g/mol. The zero-order valence-electron chi connectivity index (χ0n) is 12.0. The van der Waals surface area contributed by atoms with Crippen LogP contribution in [0.5, 0.6) is 0 Å². The Morgan fingerprint density at radius 2 is 2.10 bits per heavy atom. The highest BCUT2D eigenvalue weighted by Crippen LogP contribution is 2.27. The molecule has 1 heterocycles. The van der Waals surface area contributed by atoms with Gasteiger partial charge in [0.1, 0.15) is 0 Å². The molecule has 6 heteroatoms. The van der Waals surface area contributed by atoms with Gasteiger partial charge >= 0.3 is 0 Å². The fourth-order valence-electron chi connectivity index (χ4n) is 2.69. The summed E-state index contributed by atoms with van der Waals surface area (Å²) in [6, 6.07) is 5.40. The van der Waals surface area contributed by atoms with Gasteiger partial charge in [-0.2, -0.15) is 0 Å². The first-order chi connectivity index (χ1) is 9.52. The number of nitro benzene ring substituents is 1. The fourth-order valence-corrected chi connectivity index (χ4v) is 2.69. The number of likely N-dealkylation sites (tertiary alicyclic amines) is 1. The minimum atomic E-state index is -0.453. The molecule has 0 bridgehead atoms. The van der Waals surface area contributed by atoms with E-state index in [1.807, 2.05) is 7.05 Å². The van der Waals surface area contributed by atoms with Crippen LogP contribution < -0.4 is 4.90 Å². The zero-order chi connectivity index (χ0) is 14.7. The van der Waals surface area contributed by atoms with Gasteiger partial charge in [-0.15, -0.1) is 0 Å². The van der Waals surface area contributed by atoms with E-state index in [1.165, 1.54) is 6.07 Å². The molecule has 0 amide bonds. The van der Waals surface area contributed by atoms with E-state index in [2.05, 4.69) is 16.8 Å². The van der Waals surface area contributed by atoms with Gasteiger partial charge in [-0.1, -0.05) is 0 Å². The van der Waals surface area contributed by atoms with Crippen LogP contribution in [0.2, 0.25) is 0 Å². The van der Waals surface area contributed by atoms with Crippen LogP contribution in [0.25, 0.3) is 0 Å². The smallest absolute Gasteiger partial charge is 0.275 e. The van der Waals surface area contributed by atoms with Crippen molar-refractivity contribution in [2.75, 3.05) is 32.1 Å². The van der Waals surface area contributed by atoms with Crippen LogP contribution in [0.3, 0.4) is 0 Å². The standard InChI is InChI=1S/C14H21N3O3/c1-15-7-5-12(6-8-15)16(2)13-3-4-14(17(19)20)11(9-13)10-18/h3-4,9,12,18H,5-8,10H2,1-2H3. The lowest BCUT2D eigenvalue weighted by atomic mass is 10.0. The van der Waals surface area contributed by atoms with Gasteiger partial charge in [0.05, 0.1) is 17.1 Å². The molecule has 1 aromatic carbocycles. The minimum Gasteiger partial charge on any atom is -0.391 e. The molecule has 0 saturated carbocycles. The molecule has 1 aliphatic rings. The Morgan fingerprint density at radius 3 is 2.65 bits per heavy atom. The van der Waals surface area contributed by atoms with Gasteiger partial charge in [0.25, 0.3) is 5.69 Å². The summed E-state index contributed by atoms with van der Waals surface area (Å²) >= 11 is 0. The summed E-state index contributed by atoms with van der Waals surface area (Å²) in [5.41, 5.74) is 1.27. The molecule has 0 atom stereocenters. The van der Waals surface area contributed by atoms with Crippen molar-refractivity contribution in [3.63, 3.8) is 0 Å². The number of aliphatic hydroxyl groups excluding tert-OH is 1. The topological polar surface area (TPSA) is 69.9 Å². The Balaban J connectivity index is 2.18. The second kappa shape index (κ2) is 6.19. The molecule has 2 rings (SSSR count). The Bertz CT molecular complexity index is 485. The van der Waals surface area contributed by atoms with Crippen LogP contribution in [0.15, 0.2) is 18.2 Å². The van der Waals surface area contributed by atoms with Crippen LogP contribution in [0, 0.1) is 10.1 Å². The number of hydrogen-bond acceptors (Lipinski definition) is 5. The molecule has 1 fully saturated rings. The molecule has 110 valence electrons. The number of piperidine rings is 1. The third kappa shape index (κ3) is 3.08. The van der Waals surface area contributed by atoms with E-state index in [-0.39, 0.29) is 12.3 Å². The summed E-state index contributed by atoms with van der Waals surface area (Å²) < 4.78 is 0. The van der Waals surface area contributed by atoms with Crippen molar-refractivity contribution in [2.45, 2.75) is 25.5 Å². The van der Waals surface area contributed by atoms with Crippen molar-refractivity contribution >= 4 is 11.4 Å². The highest BCUT2D eigenvalue weighted by molar-refractivity contribution is 5.55. The average molecular weight is 279 g/mol. The number of nitrogens with zero attached hydrogens (tertiary/aromatic N) is 3. The molecular formula is C14H21N3O3. The summed E-state index contributed by atoms with van der Waals surface area (Å²) in [7, 11) is 4.13. The first-order valence-corrected chi connectivity index (χ1v) is 6.82. The number of rotatable bonds is 4. The number of aliphatic hydroxyl groups is 1. The summed E-state index contributed by atoms with van der Waals surface area (Å²) in [6.07, 6.45) is 2.16. The van der Waals surface area contributed by atoms with Crippen LogP contribution in [-0.4, -0.2) is 48.2 Å². The van der Waals surface area contributed by atoms with E-state index in [4.69, 9.17) is 0 Å². The average Bonchev–Trinajstić information content (AvgIpc) is 2.46. The van der Waals surface area contributed by atoms with Gasteiger partial charge in [0.15, 0.2) is 0 Å². The molecule has 0 unspecified atom stereocenters. The maximum Gasteiger partial charge on any atom is 0.275 e. The van der Waals surface area contributed by atoms with Gasteiger partial charge in [0, 0.05) is 24.8 Å². The Labute approximate surface area is 118 Å². The molecule has 0 spiro atoms. The van der Waals surface area contributed by atoms with E-state index >= 15 is 0 Å². The van der Waals surface area contributed by atoms with Crippen LogP contribution in [-0.2, 0) is 6.61 Å². The summed E-state index contributed by atoms with van der Waals surface area (Å²) in [5, 5.41) is 20.2. The minimum absolute atomic E-state index is 0.0203. The lowest BCUT2D eigenvalue weighted by Crippen LogP contribution is -2.42. The molecule has 6 nitrogen and oxygen atoms in total. The van der Waals surface area contributed by atoms with E-state index < -0.39 is 4.92 Å². The van der Waals surface area contributed by atoms with Crippen LogP contribution in [0.4, 0.5) is 11.4 Å². The first-order valence-electron chi connectivity index (χ1n) is 6.82. The molecule has 0 aliphatic carbocycles. The molecule has 1 saturated heterocycles. The summed E-state index contributed by atoms with van der Waals surface area (Å²) in [4.78, 5) is 14.9. The van der Waals surface area contributed by atoms with Crippen LogP contribution >= 0.6 is 0 Å². The molecule has 1 aromatic rings. The van der Waals surface area contributed by atoms with Crippen molar-refractivity contribution < 1.29 is 10.0 Å². The lowest BCUT2D eigenvalue weighted by molar-refractivity contribution is -0.385. The molecule has 0 radical (unpaired) electrons. The predicted octanol–water partition coefficient (Wildman–Crippen LogP) is 1.62. The number of nitro groups is 1. The van der Waals surface area contributed by atoms with Crippen LogP contribution in [0.1, 0.15) is 18.4 Å².